The summed E-state index contributed by atoms with van der Waals surface area (Å²) < 4.78 is 6.54. The van der Waals surface area contributed by atoms with Crippen LogP contribution in [-0.2, 0) is 6.54 Å². The Morgan fingerprint density at radius 2 is 2.18 bits per heavy atom. The third-order valence-electron chi connectivity index (χ3n) is 4.15. The second kappa shape index (κ2) is 7.69. The second-order valence-corrected chi connectivity index (χ2v) is 6.44. The quantitative estimate of drug-likeness (QED) is 0.480. The fourth-order valence-electron chi connectivity index (χ4n) is 2.81. The highest BCUT2D eigenvalue weighted by Crippen LogP contribution is 2.29. The summed E-state index contributed by atoms with van der Waals surface area (Å²) in [6.07, 6.45) is 0. The van der Waals surface area contributed by atoms with E-state index in [0.717, 1.165) is 5.56 Å². The molecular weight excluding hydrogens is 388 g/mol. The summed E-state index contributed by atoms with van der Waals surface area (Å²) in [5.74, 6) is -0.976. The average molecular weight is 405 g/mol. The summed E-state index contributed by atoms with van der Waals surface area (Å²) in [5.41, 5.74) is 1.85. The van der Waals surface area contributed by atoms with E-state index in [1.165, 1.54) is 7.11 Å². The number of hydrogen-bond acceptors (Lipinski definition) is 6. The Labute approximate surface area is 164 Å². The molecule has 0 unspecified atom stereocenters. The van der Waals surface area contributed by atoms with E-state index in [-0.39, 0.29) is 11.6 Å². The number of methoxy groups -OCH3 is 1. The van der Waals surface area contributed by atoms with Crippen molar-refractivity contribution in [3.05, 3.63) is 62.0 Å². The molecule has 0 atom stereocenters. The van der Waals surface area contributed by atoms with Crippen LogP contribution >= 0.6 is 11.6 Å². The fraction of sp³-hybridized carbons (Fsp3) is 0.235. The number of aromatic amines is 1. The Hall–Kier alpha value is -3.40. The van der Waals surface area contributed by atoms with Crippen LogP contribution < -0.4 is 10.1 Å². The number of nitro groups is 1. The molecule has 0 saturated carbocycles. The van der Waals surface area contributed by atoms with Crippen molar-refractivity contribution in [1.29, 1.82) is 0 Å². The molecule has 2 heterocycles. The average Bonchev–Trinajstić information content (AvgIpc) is 3.19. The van der Waals surface area contributed by atoms with Gasteiger partial charge >= 0.3 is 11.6 Å². The Bertz CT molecular complexity index is 1060. The molecule has 0 radical (unpaired) electrons. The zero-order valence-electron chi connectivity index (χ0n) is 15.3. The van der Waals surface area contributed by atoms with E-state index in [0.29, 0.717) is 28.6 Å². The number of rotatable bonds is 6. The summed E-state index contributed by atoms with van der Waals surface area (Å²) in [4.78, 5) is 23.1. The highest BCUT2D eigenvalue weighted by atomic mass is 35.5. The van der Waals surface area contributed by atoms with Crippen LogP contribution in [-0.4, -0.2) is 37.9 Å². The van der Waals surface area contributed by atoms with E-state index in [1.807, 2.05) is 18.2 Å². The molecule has 0 aliphatic heterocycles. The van der Waals surface area contributed by atoms with E-state index in [1.54, 1.807) is 24.6 Å². The van der Waals surface area contributed by atoms with Gasteiger partial charge in [0.15, 0.2) is 0 Å². The van der Waals surface area contributed by atoms with Gasteiger partial charge in [-0.2, -0.15) is 5.10 Å². The maximum Gasteiger partial charge on any atom is 0.362 e. The summed E-state index contributed by atoms with van der Waals surface area (Å²) in [5, 5.41) is 25.0. The number of H-pyrrole nitrogens is 1. The van der Waals surface area contributed by atoms with Crippen molar-refractivity contribution in [1.82, 2.24) is 20.0 Å². The number of ether oxygens (including phenoxy) is 1. The molecule has 11 heteroatoms. The number of benzene rings is 1. The highest BCUT2D eigenvalue weighted by Gasteiger charge is 2.31. The maximum absolute atomic E-state index is 12.6. The molecule has 28 heavy (non-hydrogen) atoms. The minimum absolute atomic E-state index is 0.264. The molecule has 0 aliphatic rings. The monoisotopic (exact) mass is 404 g/mol. The second-order valence-electron chi connectivity index (χ2n) is 6.00. The predicted octanol–water partition coefficient (Wildman–Crippen LogP) is 3.09. The Kier molecular flexibility index (Phi) is 5.32. The van der Waals surface area contributed by atoms with Crippen LogP contribution in [0, 0.1) is 24.0 Å². The molecule has 2 aromatic heterocycles. The van der Waals surface area contributed by atoms with Crippen molar-refractivity contribution in [2.45, 2.75) is 20.4 Å². The zero-order chi connectivity index (χ0) is 20.4. The zero-order valence-corrected chi connectivity index (χ0v) is 16.1. The van der Waals surface area contributed by atoms with E-state index >= 15 is 0 Å². The number of carbonyl (C=O) groups excluding carboxylic acids is 1. The first-order valence-corrected chi connectivity index (χ1v) is 8.56. The lowest BCUT2D eigenvalue weighted by atomic mass is 10.2. The smallest absolute Gasteiger partial charge is 0.362 e. The lowest BCUT2D eigenvalue weighted by Gasteiger charge is -2.07. The van der Waals surface area contributed by atoms with Gasteiger partial charge in [-0.25, -0.2) is 0 Å². The molecule has 146 valence electrons. The molecule has 1 aromatic carbocycles. The van der Waals surface area contributed by atoms with Crippen LogP contribution in [0.5, 0.6) is 5.88 Å². The summed E-state index contributed by atoms with van der Waals surface area (Å²) in [6.45, 7) is 3.99. The van der Waals surface area contributed by atoms with Crippen molar-refractivity contribution in [2.75, 3.05) is 12.4 Å². The van der Waals surface area contributed by atoms with Gasteiger partial charge in [-0.15, -0.1) is 5.10 Å². The van der Waals surface area contributed by atoms with Crippen molar-refractivity contribution in [3.8, 4) is 5.88 Å². The molecule has 1 amide bonds. The third-order valence-corrected chi connectivity index (χ3v) is 4.39. The standard InChI is InChI=1S/C17H17ClN6O4/c1-9-13(10(2)23(22-9)8-11-5-4-6-12(18)7-11)19-16(25)14-15(24(26)27)17(28-3)21-20-14/h4-7H,8H2,1-3H3,(H,19,25)(H,20,21). The number of amides is 1. The number of anilines is 1. The third kappa shape index (κ3) is 3.67. The van der Waals surface area contributed by atoms with Crippen LogP contribution in [0.3, 0.4) is 0 Å². The van der Waals surface area contributed by atoms with Crippen LogP contribution in [0.4, 0.5) is 11.4 Å². The lowest BCUT2D eigenvalue weighted by molar-refractivity contribution is -0.386. The highest BCUT2D eigenvalue weighted by molar-refractivity contribution is 6.30. The Morgan fingerprint density at radius 1 is 1.43 bits per heavy atom. The Balaban J connectivity index is 1.87. The van der Waals surface area contributed by atoms with Gasteiger partial charge in [-0.05, 0) is 31.5 Å². The predicted molar refractivity (Wildman–Crippen MR) is 102 cm³/mol. The molecule has 0 bridgehead atoms. The number of aryl methyl sites for hydroxylation is 1. The van der Waals surface area contributed by atoms with Crippen molar-refractivity contribution in [3.63, 3.8) is 0 Å². The topological polar surface area (TPSA) is 128 Å². The first-order valence-electron chi connectivity index (χ1n) is 8.18. The minimum Gasteiger partial charge on any atom is -0.475 e. The molecule has 0 spiro atoms. The number of hydrogen-bond donors (Lipinski definition) is 2. The van der Waals surface area contributed by atoms with Crippen molar-refractivity contribution < 1.29 is 14.5 Å². The SMILES string of the molecule is COc1n[nH]c(C(=O)Nc2c(C)nn(Cc3cccc(Cl)c3)c2C)c1[N+](=O)[O-]. The molecule has 10 nitrogen and oxygen atoms in total. The molecular formula is C17H17ClN6O4. The van der Waals surface area contributed by atoms with Crippen LogP contribution in [0.25, 0.3) is 0 Å². The van der Waals surface area contributed by atoms with Crippen LogP contribution in [0.1, 0.15) is 27.4 Å². The molecule has 0 fully saturated rings. The normalized spacial score (nSPS) is 10.7. The van der Waals surface area contributed by atoms with Gasteiger partial charge in [0.2, 0.25) is 5.69 Å². The van der Waals surface area contributed by atoms with E-state index in [2.05, 4.69) is 20.6 Å². The maximum atomic E-state index is 12.6. The van der Waals surface area contributed by atoms with Gasteiger partial charge in [-0.1, -0.05) is 23.7 Å². The lowest BCUT2D eigenvalue weighted by Crippen LogP contribution is -2.15. The molecule has 0 saturated heterocycles. The number of halogens is 1. The number of aromatic nitrogens is 4. The first-order chi connectivity index (χ1) is 13.3. The molecule has 3 aromatic rings. The van der Waals surface area contributed by atoms with Gasteiger partial charge in [0, 0.05) is 5.02 Å². The van der Waals surface area contributed by atoms with E-state index in [9.17, 15) is 14.9 Å². The summed E-state index contributed by atoms with van der Waals surface area (Å²) in [7, 11) is 1.24. The fourth-order valence-corrected chi connectivity index (χ4v) is 3.02. The van der Waals surface area contributed by atoms with Gasteiger partial charge in [0.25, 0.3) is 5.91 Å². The van der Waals surface area contributed by atoms with Crippen LogP contribution in [0.15, 0.2) is 24.3 Å². The van der Waals surface area contributed by atoms with Gasteiger partial charge < -0.3 is 10.1 Å². The largest absolute Gasteiger partial charge is 0.475 e. The van der Waals surface area contributed by atoms with Gasteiger partial charge in [0.05, 0.1) is 35.7 Å². The van der Waals surface area contributed by atoms with Crippen molar-refractivity contribution >= 4 is 28.9 Å². The van der Waals surface area contributed by atoms with Gasteiger partial charge in [0.1, 0.15) is 0 Å². The molecule has 3 rings (SSSR count). The summed E-state index contributed by atoms with van der Waals surface area (Å²) in [6, 6.07) is 7.37. The van der Waals surface area contributed by atoms with E-state index in [4.69, 9.17) is 16.3 Å². The Morgan fingerprint density at radius 3 is 2.82 bits per heavy atom. The number of nitrogens with zero attached hydrogens (tertiary/aromatic N) is 4. The van der Waals surface area contributed by atoms with E-state index < -0.39 is 16.5 Å². The molecule has 0 aliphatic carbocycles. The number of nitrogens with one attached hydrogen (secondary N) is 2. The first kappa shape index (κ1) is 19.4. The summed E-state index contributed by atoms with van der Waals surface area (Å²) >= 11 is 6.02. The van der Waals surface area contributed by atoms with Crippen molar-refractivity contribution in [2.24, 2.45) is 0 Å². The molecule has 2 N–H and O–H groups in total. The van der Waals surface area contributed by atoms with Crippen LogP contribution in [0.2, 0.25) is 5.02 Å². The van der Waals surface area contributed by atoms with Gasteiger partial charge in [-0.3, -0.25) is 24.7 Å². The minimum atomic E-state index is -0.723. The number of carbonyl (C=O) groups is 1.